The number of rotatable bonds is 4. The van der Waals surface area contributed by atoms with E-state index in [0.717, 1.165) is 22.6 Å². The first kappa shape index (κ1) is 16.2. The molecule has 2 aromatic carbocycles. The Hall–Kier alpha value is -2.20. The molecule has 0 bridgehead atoms. The Kier molecular flexibility index (Phi) is 5.28. The number of hydrogen-bond donors (Lipinski definition) is 2. The molecule has 1 atom stereocenters. The molecule has 4 nitrogen and oxygen atoms in total. The summed E-state index contributed by atoms with van der Waals surface area (Å²) >= 11 is 5.86. The maximum atomic E-state index is 12.0. The lowest BCUT2D eigenvalue weighted by Crippen LogP contribution is -2.31. The molecular formula is C17H19ClN2O2. The summed E-state index contributed by atoms with van der Waals surface area (Å²) in [5, 5.41) is 6.38. The lowest BCUT2D eigenvalue weighted by Gasteiger charge is -2.15. The summed E-state index contributed by atoms with van der Waals surface area (Å²) in [5.41, 5.74) is 2.68. The van der Waals surface area contributed by atoms with Crippen LogP contribution in [0.3, 0.4) is 0 Å². The van der Waals surface area contributed by atoms with Gasteiger partial charge in [0.15, 0.2) is 0 Å². The highest BCUT2D eigenvalue weighted by atomic mass is 35.5. The summed E-state index contributed by atoms with van der Waals surface area (Å²) in [6.07, 6.45) is 0. The number of carbonyl (C=O) groups is 1. The van der Waals surface area contributed by atoms with Gasteiger partial charge in [-0.2, -0.15) is 0 Å². The zero-order valence-corrected chi connectivity index (χ0v) is 13.6. The van der Waals surface area contributed by atoms with Crippen LogP contribution in [0.1, 0.15) is 24.1 Å². The van der Waals surface area contributed by atoms with Crippen LogP contribution < -0.4 is 15.4 Å². The topological polar surface area (TPSA) is 50.4 Å². The number of benzene rings is 2. The van der Waals surface area contributed by atoms with Crippen molar-refractivity contribution in [2.24, 2.45) is 0 Å². The highest BCUT2D eigenvalue weighted by molar-refractivity contribution is 6.30. The van der Waals surface area contributed by atoms with E-state index in [9.17, 15) is 4.79 Å². The van der Waals surface area contributed by atoms with Gasteiger partial charge < -0.3 is 15.4 Å². The monoisotopic (exact) mass is 318 g/mol. The van der Waals surface area contributed by atoms with Crippen LogP contribution in [0.15, 0.2) is 42.5 Å². The Morgan fingerprint density at radius 2 is 1.86 bits per heavy atom. The van der Waals surface area contributed by atoms with Crippen LogP contribution in [0, 0.1) is 6.92 Å². The molecule has 0 saturated carbocycles. The minimum Gasteiger partial charge on any atom is -0.496 e. The number of hydrogen-bond acceptors (Lipinski definition) is 2. The second-order valence-corrected chi connectivity index (χ2v) is 5.49. The van der Waals surface area contributed by atoms with Crippen molar-refractivity contribution < 1.29 is 9.53 Å². The van der Waals surface area contributed by atoms with Gasteiger partial charge in [-0.25, -0.2) is 4.79 Å². The second-order valence-electron chi connectivity index (χ2n) is 5.06. The van der Waals surface area contributed by atoms with Crippen LogP contribution in [0.2, 0.25) is 5.02 Å². The standard InChI is InChI=1S/C17H19ClN2O2/c1-11-10-15(8-9-16(11)22-3)20-17(21)19-12(2)13-4-6-14(18)7-5-13/h4-10,12H,1-3H3,(H2,19,20,21). The van der Waals surface area contributed by atoms with Gasteiger partial charge in [-0.05, 0) is 55.3 Å². The fraction of sp³-hybridized carbons (Fsp3) is 0.235. The quantitative estimate of drug-likeness (QED) is 0.869. The van der Waals surface area contributed by atoms with E-state index in [-0.39, 0.29) is 12.1 Å². The van der Waals surface area contributed by atoms with Gasteiger partial charge in [0.1, 0.15) is 5.75 Å². The zero-order valence-electron chi connectivity index (χ0n) is 12.8. The normalized spacial score (nSPS) is 11.6. The SMILES string of the molecule is COc1ccc(NC(=O)NC(C)c2ccc(Cl)cc2)cc1C. The van der Waals surface area contributed by atoms with Gasteiger partial charge >= 0.3 is 6.03 Å². The number of carbonyl (C=O) groups excluding carboxylic acids is 1. The van der Waals surface area contributed by atoms with E-state index >= 15 is 0 Å². The first-order chi connectivity index (χ1) is 10.5. The van der Waals surface area contributed by atoms with E-state index in [1.807, 2.05) is 38.1 Å². The van der Waals surface area contributed by atoms with Gasteiger partial charge in [0.25, 0.3) is 0 Å². The number of methoxy groups -OCH3 is 1. The van der Waals surface area contributed by atoms with Crippen LogP contribution in [-0.2, 0) is 0 Å². The lowest BCUT2D eigenvalue weighted by atomic mass is 10.1. The molecule has 116 valence electrons. The minimum absolute atomic E-state index is 0.114. The van der Waals surface area contributed by atoms with Crippen LogP contribution in [0.4, 0.5) is 10.5 Å². The summed E-state index contributed by atoms with van der Waals surface area (Å²) in [7, 11) is 1.62. The van der Waals surface area contributed by atoms with Crippen LogP contribution >= 0.6 is 11.6 Å². The zero-order chi connectivity index (χ0) is 16.1. The largest absolute Gasteiger partial charge is 0.496 e. The highest BCUT2D eigenvalue weighted by Crippen LogP contribution is 2.21. The molecule has 0 aromatic heterocycles. The smallest absolute Gasteiger partial charge is 0.319 e. The Labute approximate surface area is 135 Å². The molecule has 2 N–H and O–H groups in total. The predicted molar refractivity (Wildman–Crippen MR) is 89.8 cm³/mol. The number of nitrogens with one attached hydrogen (secondary N) is 2. The number of ether oxygens (including phenoxy) is 1. The lowest BCUT2D eigenvalue weighted by molar-refractivity contribution is 0.249. The fourth-order valence-electron chi connectivity index (χ4n) is 2.15. The fourth-order valence-corrected chi connectivity index (χ4v) is 2.28. The van der Waals surface area contributed by atoms with Gasteiger partial charge in [0.2, 0.25) is 0 Å². The van der Waals surface area contributed by atoms with Crippen LogP contribution in [0.25, 0.3) is 0 Å². The number of anilines is 1. The van der Waals surface area contributed by atoms with Crippen molar-refractivity contribution in [2.45, 2.75) is 19.9 Å². The molecule has 1 unspecified atom stereocenters. The van der Waals surface area contributed by atoms with Crippen molar-refractivity contribution in [2.75, 3.05) is 12.4 Å². The number of aryl methyl sites for hydroxylation is 1. The molecule has 5 heteroatoms. The van der Waals surface area contributed by atoms with E-state index in [1.165, 1.54) is 0 Å². The third-order valence-corrected chi connectivity index (χ3v) is 3.62. The molecule has 0 aliphatic heterocycles. The number of urea groups is 1. The van der Waals surface area contributed by atoms with Crippen molar-refractivity contribution in [3.63, 3.8) is 0 Å². The average molecular weight is 319 g/mol. The molecule has 0 heterocycles. The number of halogens is 1. The first-order valence-corrected chi connectivity index (χ1v) is 7.35. The molecular weight excluding hydrogens is 300 g/mol. The molecule has 0 aliphatic carbocycles. The molecule has 0 fully saturated rings. The van der Waals surface area contributed by atoms with Crippen molar-refractivity contribution >= 4 is 23.3 Å². The third kappa shape index (κ3) is 4.15. The Balaban J connectivity index is 1.97. The summed E-state index contributed by atoms with van der Waals surface area (Å²) in [5.74, 6) is 0.792. The Morgan fingerprint density at radius 3 is 2.45 bits per heavy atom. The Bertz CT molecular complexity index is 656. The summed E-state index contributed by atoms with van der Waals surface area (Å²) < 4.78 is 5.20. The molecule has 2 rings (SSSR count). The molecule has 0 saturated heterocycles. The number of amides is 2. The van der Waals surface area contributed by atoms with E-state index in [1.54, 1.807) is 25.3 Å². The van der Waals surface area contributed by atoms with Crippen LogP contribution in [-0.4, -0.2) is 13.1 Å². The van der Waals surface area contributed by atoms with E-state index < -0.39 is 0 Å². The first-order valence-electron chi connectivity index (χ1n) is 6.97. The van der Waals surface area contributed by atoms with Crippen molar-refractivity contribution in [1.82, 2.24) is 5.32 Å². The maximum absolute atomic E-state index is 12.0. The molecule has 0 aliphatic rings. The van der Waals surface area contributed by atoms with Gasteiger partial charge in [0.05, 0.1) is 13.2 Å². The average Bonchev–Trinajstić information content (AvgIpc) is 2.48. The second kappa shape index (κ2) is 7.18. The van der Waals surface area contributed by atoms with E-state index in [2.05, 4.69) is 10.6 Å². The van der Waals surface area contributed by atoms with Crippen molar-refractivity contribution in [1.29, 1.82) is 0 Å². The molecule has 2 aromatic rings. The Morgan fingerprint density at radius 1 is 1.18 bits per heavy atom. The highest BCUT2D eigenvalue weighted by Gasteiger charge is 2.10. The molecule has 2 amide bonds. The van der Waals surface area contributed by atoms with Gasteiger partial charge in [0, 0.05) is 10.7 Å². The van der Waals surface area contributed by atoms with Crippen molar-refractivity contribution in [3.8, 4) is 5.75 Å². The molecule has 0 radical (unpaired) electrons. The van der Waals surface area contributed by atoms with Crippen molar-refractivity contribution in [3.05, 3.63) is 58.6 Å². The predicted octanol–water partition coefficient (Wildman–Crippen LogP) is 4.54. The van der Waals surface area contributed by atoms with Gasteiger partial charge in [-0.3, -0.25) is 0 Å². The third-order valence-electron chi connectivity index (χ3n) is 3.37. The van der Waals surface area contributed by atoms with Gasteiger partial charge in [-0.15, -0.1) is 0 Å². The van der Waals surface area contributed by atoms with E-state index in [0.29, 0.717) is 5.02 Å². The molecule has 0 spiro atoms. The summed E-state index contributed by atoms with van der Waals surface area (Å²) in [6.45, 7) is 3.85. The van der Waals surface area contributed by atoms with E-state index in [4.69, 9.17) is 16.3 Å². The summed E-state index contributed by atoms with van der Waals surface area (Å²) in [6, 6.07) is 12.5. The molecule has 22 heavy (non-hydrogen) atoms. The minimum atomic E-state index is -0.257. The van der Waals surface area contributed by atoms with Gasteiger partial charge in [-0.1, -0.05) is 23.7 Å². The maximum Gasteiger partial charge on any atom is 0.319 e. The summed E-state index contributed by atoms with van der Waals surface area (Å²) in [4.78, 5) is 12.0. The van der Waals surface area contributed by atoms with Crippen LogP contribution in [0.5, 0.6) is 5.75 Å².